The molecule has 120 valence electrons. The van der Waals surface area contributed by atoms with Gasteiger partial charge in [0, 0.05) is 12.6 Å². The van der Waals surface area contributed by atoms with E-state index in [0.29, 0.717) is 19.4 Å². The normalized spacial score (nSPS) is 17.3. The third-order valence-corrected chi connectivity index (χ3v) is 3.73. The second-order valence-electron chi connectivity index (χ2n) is 5.25. The van der Waals surface area contributed by atoms with Crippen LogP contribution in [0.4, 0.5) is 14.5 Å². The minimum Gasteiger partial charge on any atom is -0.459 e. The molecule has 1 atom stereocenters. The molecule has 1 N–H and O–H groups in total. The monoisotopic (exact) mass is 320 g/mol. The minimum absolute atomic E-state index is 0.140. The number of rotatable bonds is 3. The molecule has 3 rings (SSSR count). The highest BCUT2D eigenvalue weighted by molar-refractivity contribution is 6.00. The number of anilines is 1. The third kappa shape index (κ3) is 3.08. The number of likely N-dealkylation sites (tertiary alicyclic amines) is 1. The Labute approximate surface area is 130 Å². The fraction of sp³-hybridized carbons (Fsp3) is 0.250. The molecule has 2 heterocycles. The molecular formula is C16H14F2N2O3. The summed E-state index contributed by atoms with van der Waals surface area (Å²) in [5.74, 6) is -2.20. The number of hydrogen-bond acceptors (Lipinski definition) is 3. The molecule has 1 saturated heterocycles. The maximum absolute atomic E-state index is 13.6. The molecule has 0 aliphatic carbocycles. The zero-order valence-electron chi connectivity index (χ0n) is 12.1. The van der Waals surface area contributed by atoms with Gasteiger partial charge in [0.2, 0.25) is 5.91 Å². The Morgan fingerprint density at radius 2 is 2.09 bits per heavy atom. The molecule has 1 aromatic carbocycles. The number of carbonyl (C=O) groups excluding carboxylic acids is 2. The average molecular weight is 320 g/mol. The molecule has 1 aromatic heterocycles. The van der Waals surface area contributed by atoms with Crippen LogP contribution < -0.4 is 5.32 Å². The van der Waals surface area contributed by atoms with E-state index in [9.17, 15) is 18.4 Å². The molecule has 5 nitrogen and oxygen atoms in total. The van der Waals surface area contributed by atoms with Gasteiger partial charge in [-0.25, -0.2) is 8.78 Å². The predicted molar refractivity (Wildman–Crippen MR) is 77.8 cm³/mol. The number of nitrogens with zero attached hydrogens (tertiary/aromatic N) is 1. The highest BCUT2D eigenvalue weighted by Crippen LogP contribution is 2.23. The van der Waals surface area contributed by atoms with Crippen molar-refractivity contribution in [3.63, 3.8) is 0 Å². The van der Waals surface area contributed by atoms with Crippen LogP contribution in [-0.4, -0.2) is 29.3 Å². The molecule has 0 spiro atoms. The van der Waals surface area contributed by atoms with Gasteiger partial charge in [0.05, 0.1) is 12.0 Å². The Kier molecular flexibility index (Phi) is 4.10. The van der Waals surface area contributed by atoms with Gasteiger partial charge in [-0.05, 0) is 37.1 Å². The molecule has 1 unspecified atom stereocenters. The van der Waals surface area contributed by atoms with Crippen molar-refractivity contribution in [2.24, 2.45) is 0 Å². The predicted octanol–water partition coefficient (Wildman–Crippen LogP) is 2.80. The molecule has 7 heteroatoms. The number of halogens is 2. The number of benzene rings is 1. The van der Waals surface area contributed by atoms with Crippen LogP contribution in [0.15, 0.2) is 41.0 Å². The number of hydrogen-bond donors (Lipinski definition) is 1. The van der Waals surface area contributed by atoms with E-state index < -0.39 is 29.5 Å². The van der Waals surface area contributed by atoms with Crippen molar-refractivity contribution in [3.8, 4) is 0 Å². The SMILES string of the molecule is O=C(Nc1cc(F)ccc1F)C1CCCN1C(=O)c1ccco1. The lowest BCUT2D eigenvalue weighted by molar-refractivity contribution is -0.119. The summed E-state index contributed by atoms with van der Waals surface area (Å²) >= 11 is 0. The van der Waals surface area contributed by atoms with E-state index in [1.807, 2.05) is 0 Å². The van der Waals surface area contributed by atoms with Crippen LogP contribution in [0.25, 0.3) is 0 Å². The van der Waals surface area contributed by atoms with Crippen molar-refractivity contribution < 1.29 is 22.8 Å². The zero-order chi connectivity index (χ0) is 16.4. The van der Waals surface area contributed by atoms with E-state index in [1.54, 1.807) is 6.07 Å². The Morgan fingerprint density at radius 1 is 1.26 bits per heavy atom. The van der Waals surface area contributed by atoms with E-state index in [2.05, 4.69) is 5.32 Å². The van der Waals surface area contributed by atoms with Gasteiger partial charge in [-0.2, -0.15) is 0 Å². The van der Waals surface area contributed by atoms with Crippen LogP contribution in [-0.2, 0) is 4.79 Å². The van der Waals surface area contributed by atoms with Crippen LogP contribution >= 0.6 is 0 Å². The van der Waals surface area contributed by atoms with E-state index in [4.69, 9.17) is 4.42 Å². The van der Waals surface area contributed by atoms with Crippen LogP contribution in [0.3, 0.4) is 0 Å². The molecule has 1 aliphatic rings. The van der Waals surface area contributed by atoms with Crippen LogP contribution in [0, 0.1) is 11.6 Å². The van der Waals surface area contributed by atoms with Crippen molar-refractivity contribution in [2.75, 3.05) is 11.9 Å². The van der Waals surface area contributed by atoms with Gasteiger partial charge in [-0.15, -0.1) is 0 Å². The highest BCUT2D eigenvalue weighted by atomic mass is 19.1. The molecule has 0 bridgehead atoms. The Hall–Kier alpha value is -2.70. The number of nitrogens with one attached hydrogen (secondary N) is 1. The Balaban J connectivity index is 1.76. The van der Waals surface area contributed by atoms with Gasteiger partial charge in [0.15, 0.2) is 5.76 Å². The first kappa shape index (κ1) is 15.2. The van der Waals surface area contributed by atoms with Gasteiger partial charge in [-0.1, -0.05) is 0 Å². The van der Waals surface area contributed by atoms with Gasteiger partial charge in [0.1, 0.15) is 17.7 Å². The first-order chi connectivity index (χ1) is 11.1. The number of amides is 2. The molecule has 2 aromatic rings. The second-order valence-corrected chi connectivity index (χ2v) is 5.25. The largest absolute Gasteiger partial charge is 0.459 e. The minimum atomic E-state index is -0.740. The standard InChI is InChI=1S/C16H14F2N2O3/c17-10-5-6-11(18)12(9-10)19-15(21)13-3-1-7-20(13)16(22)14-4-2-8-23-14/h2,4-6,8-9,13H,1,3,7H2,(H,19,21). The first-order valence-corrected chi connectivity index (χ1v) is 7.16. The van der Waals surface area contributed by atoms with Crippen molar-refractivity contribution in [2.45, 2.75) is 18.9 Å². The van der Waals surface area contributed by atoms with Crippen molar-refractivity contribution in [1.29, 1.82) is 0 Å². The summed E-state index contributed by atoms with van der Waals surface area (Å²) in [6.07, 6.45) is 2.48. The summed E-state index contributed by atoms with van der Waals surface area (Å²) < 4.78 is 31.8. The summed E-state index contributed by atoms with van der Waals surface area (Å²) in [5.41, 5.74) is -0.243. The maximum Gasteiger partial charge on any atom is 0.290 e. The van der Waals surface area contributed by atoms with Crippen molar-refractivity contribution >= 4 is 17.5 Å². The first-order valence-electron chi connectivity index (χ1n) is 7.16. The molecule has 0 radical (unpaired) electrons. The van der Waals surface area contributed by atoms with E-state index in [1.165, 1.54) is 17.2 Å². The highest BCUT2D eigenvalue weighted by Gasteiger charge is 2.35. The topological polar surface area (TPSA) is 62.6 Å². The molecule has 1 aliphatic heterocycles. The van der Waals surface area contributed by atoms with Gasteiger partial charge in [0.25, 0.3) is 5.91 Å². The van der Waals surface area contributed by atoms with Gasteiger partial charge in [-0.3, -0.25) is 9.59 Å². The molecule has 1 fully saturated rings. The number of furan rings is 1. The smallest absolute Gasteiger partial charge is 0.290 e. The molecule has 2 amide bonds. The summed E-state index contributed by atoms with van der Waals surface area (Å²) in [7, 11) is 0. The quantitative estimate of drug-likeness (QED) is 0.946. The van der Waals surface area contributed by atoms with Crippen LogP contribution in [0.1, 0.15) is 23.4 Å². The number of carbonyl (C=O) groups is 2. The maximum atomic E-state index is 13.6. The lowest BCUT2D eigenvalue weighted by Crippen LogP contribution is -2.43. The van der Waals surface area contributed by atoms with Crippen LogP contribution in [0.2, 0.25) is 0 Å². The summed E-state index contributed by atoms with van der Waals surface area (Å²) in [6, 6.07) is 5.16. The van der Waals surface area contributed by atoms with Gasteiger partial charge < -0.3 is 14.6 Å². The van der Waals surface area contributed by atoms with E-state index in [-0.39, 0.29) is 11.4 Å². The Morgan fingerprint density at radius 3 is 2.83 bits per heavy atom. The molecular weight excluding hydrogens is 306 g/mol. The average Bonchev–Trinajstić information content (AvgIpc) is 3.20. The van der Waals surface area contributed by atoms with Gasteiger partial charge >= 0.3 is 0 Å². The molecule has 23 heavy (non-hydrogen) atoms. The third-order valence-electron chi connectivity index (χ3n) is 3.73. The van der Waals surface area contributed by atoms with Crippen LogP contribution in [0.5, 0.6) is 0 Å². The fourth-order valence-corrected chi connectivity index (χ4v) is 2.63. The van der Waals surface area contributed by atoms with E-state index >= 15 is 0 Å². The lowest BCUT2D eigenvalue weighted by atomic mass is 10.2. The summed E-state index contributed by atoms with van der Waals surface area (Å²) in [4.78, 5) is 26.0. The second kappa shape index (κ2) is 6.20. The zero-order valence-corrected chi connectivity index (χ0v) is 12.1. The lowest BCUT2D eigenvalue weighted by Gasteiger charge is -2.23. The summed E-state index contributed by atoms with van der Waals surface area (Å²) in [5, 5.41) is 2.34. The fourth-order valence-electron chi connectivity index (χ4n) is 2.63. The Bertz CT molecular complexity index is 731. The summed E-state index contributed by atoms with van der Waals surface area (Å²) in [6.45, 7) is 0.406. The van der Waals surface area contributed by atoms with Crippen molar-refractivity contribution in [3.05, 3.63) is 54.0 Å². The van der Waals surface area contributed by atoms with E-state index in [0.717, 1.165) is 18.2 Å². The molecule has 0 saturated carbocycles. The van der Waals surface area contributed by atoms with Crippen molar-refractivity contribution in [1.82, 2.24) is 4.90 Å².